The number of aromatic nitrogens is 2. The van der Waals surface area contributed by atoms with Gasteiger partial charge in [0.1, 0.15) is 6.29 Å². The highest BCUT2D eigenvalue weighted by molar-refractivity contribution is 6.05. The molecule has 0 spiro atoms. The van der Waals surface area contributed by atoms with E-state index >= 15 is 0 Å². The number of hydrogen-bond donors (Lipinski definition) is 1. The maximum absolute atomic E-state index is 12.9. The van der Waals surface area contributed by atoms with Gasteiger partial charge >= 0.3 is 0 Å². The molecule has 0 saturated carbocycles. The number of hydrogen-bond acceptors (Lipinski definition) is 6. The number of aliphatic hydroxyl groups is 1. The number of carbonyl (C=O) groups is 2. The molecule has 0 bridgehead atoms. The molecular weight excluding hydrogens is 416 g/mol. The Morgan fingerprint density at radius 3 is 2.55 bits per heavy atom. The fraction of sp³-hybridized carbons (Fsp3) is 0.192. The standard InChI is InChI=1S/C25H20N4O2.CH4O/c30-13-3-6-25(31)29-24(20-9-10-21-23(15-20)27-12-11-26-21)16-22(28-29)19-8-7-17-4-1-2-5-18(17)14-19;1-2/h1-2,4-5,7-15,24H,3,6,16H2;2H,1H3. The summed E-state index contributed by atoms with van der Waals surface area (Å²) in [6.07, 6.45) is 5.01. The van der Waals surface area contributed by atoms with Gasteiger partial charge in [-0.3, -0.25) is 14.8 Å². The third kappa shape index (κ3) is 4.63. The quantitative estimate of drug-likeness (QED) is 0.473. The number of nitrogens with zero attached hydrogens (tertiary/aromatic N) is 4. The highest BCUT2D eigenvalue weighted by Gasteiger charge is 2.33. The lowest BCUT2D eigenvalue weighted by molar-refractivity contribution is -0.133. The fourth-order valence-electron chi connectivity index (χ4n) is 4.03. The van der Waals surface area contributed by atoms with Crippen LogP contribution in [0.2, 0.25) is 0 Å². The Labute approximate surface area is 191 Å². The summed E-state index contributed by atoms with van der Waals surface area (Å²) in [6, 6.07) is 20.0. The van der Waals surface area contributed by atoms with Crippen molar-refractivity contribution >= 4 is 39.7 Å². The molecule has 2 heterocycles. The van der Waals surface area contributed by atoms with E-state index in [4.69, 9.17) is 10.2 Å². The lowest BCUT2D eigenvalue weighted by atomic mass is 9.96. The number of amides is 1. The molecule has 1 aromatic heterocycles. The largest absolute Gasteiger partial charge is 0.400 e. The Bertz CT molecular complexity index is 1340. The van der Waals surface area contributed by atoms with Crippen LogP contribution in [-0.2, 0) is 9.59 Å². The van der Waals surface area contributed by atoms with Crippen molar-refractivity contribution in [3.8, 4) is 0 Å². The van der Waals surface area contributed by atoms with Crippen molar-refractivity contribution in [2.75, 3.05) is 7.11 Å². The van der Waals surface area contributed by atoms with Crippen LogP contribution in [0.5, 0.6) is 0 Å². The summed E-state index contributed by atoms with van der Waals surface area (Å²) in [6.45, 7) is 0. The van der Waals surface area contributed by atoms with E-state index < -0.39 is 0 Å². The van der Waals surface area contributed by atoms with Crippen molar-refractivity contribution in [1.82, 2.24) is 15.0 Å². The van der Waals surface area contributed by atoms with Gasteiger partial charge < -0.3 is 9.90 Å². The van der Waals surface area contributed by atoms with Crippen LogP contribution in [0, 0.1) is 0 Å². The van der Waals surface area contributed by atoms with Crippen molar-refractivity contribution in [3.05, 3.63) is 84.2 Å². The Hall–Kier alpha value is -3.97. The summed E-state index contributed by atoms with van der Waals surface area (Å²) >= 11 is 0. The van der Waals surface area contributed by atoms with Crippen molar-refractivity contribution < 1.29 is 14.7 Å². The number of fused-ring (bicyclic) bond motifs is 2. The second-order valence-electron chi connectivity index (χ2n) is 7.58. The summed E-state index contributed by atoms with van der Waals surface area (Å²) in [4.78, 5) is 32.4. The number of aliphatic hydroxyl groups excluding tert-OH is 1. The molecule has 0 fully saturated rings. The van der Waals surface area contributed by atoms with Gasteiger partial charge in [0.2, 0.25) is 5.91 Å². The van der Waals surface area contributed by atoms with E-state index in [1.165, 1.54) is 5.01 Å². The second-order valence-corrected chi connectivity index (χ2v) is 7.58. The molecule has 0 radical (unpaired) electrons. The first-order valence-electron chi connectivity index (χ1n) is 10.7. The van der Waals surface area contributed by atoms with Crippen LogP contribution in [0.1, 0.15) is 36.4 Å². The van der Waals surface area contributed by atoms with Gasteiger partial charge in [-0.1, -0.05) is 42.5 Å². The number of aldehydes is 1. The van der Waals surface area contributed by atoms with Crippen LogP contribution < -0.4 is 0 Å². The smallest absolute Gasteiger partial charge is 0.243 e. The third-order valence-corrected chi connectivity index (χ3v) is 5.60. The average Bonchev–Trinajstić information content (AvgIpc) is 3.33. The van der Waals surface area contributed by atoms with Crippen LogP contribution in [0.15, 0.2) is 78.2 Å². The van der Waals surface area contributed by atoms with E-state index in [9.17, 15) is 9.59 Å². The van der Waals surface area contributed by atoms with Crippen molar-refractivity contribution in [1.29, 1.82) is 0 Å². The molecule has 3 aromatic carbocycles. The first-order chi connectivity index (χ1) is 16.2. The molecule has 1 atom stereocenters. The van der Waals surface area contributed by atoms with Crippen LogP contribution in [0.4, 0.5) is 0 Å². The molecule has 1 aliphatic heterocycles. The van der Waals surface area contributed by atoms with Gasteiger partial charge in [-0.05, 0) is 40.1 Å². The van der Waals surface area contributed by atoms with Crippen molar-refractivity contribution in [3.63, 3.8) is 0 Å². The van der Waals surface area contributed by atoms with Crippen molar-refractivity contribution in [2.45, 2.75) is 25.3 Å². The van der Waals surface area contributed by atoms with E-state index in [0.29, 0.717) is 6.42 Å². The second kappa shape index (κ2) is 10.1. The van der Waals surface area contributed by atoms with Gasteiger partial charge in [0.15, 0.2) is 0 Å². The number of benzene rings is 3. The highest BCUT2D eigenvalue weighted by atomic mass is 16.2. The zero-order valence-electron chi connectivity index (χ0n) is 18.3. The summed E-state index contributed by atoms with van der Waals surface area (Å²) in [5, 5.41) is 15.5. The monoisotopic (exact) mass is 440 g/mol. The topological polar surface area (TPSA) is 95.8 Å². The van der Waals surface area contributed by atoms with Gasteiger partial charge in [-0.25, -0.2) is 5.01 Å². The first kappa shape index (κ1) is 22.2. The van der Waals surface area contributed by atoms with E-state index in [0.717, 1.165) is 52.0 Å². The average molecular weight is 441 g/mol. The van der Waals surface area contributed by atoms with Gasteiger partial charge in [-0.15, -0.1) is 0 Å². The van der Waals surface area contributed by atoms with Gasteiger partial charge in [0.05, 0.1) is 22.8 Å². The fourth-order valence-corrected chi connectivity index (χ4v) is 4.03. The zero-order valence-corrected chi connectivity index (χ0v) is 18.3. The Morgan fingerprint density at radius 2 is 1.76 bits per heavy atom. The summed E-state index contributed by atoms with van der Waals surface area (Å²) < 4.78 is 0. The Morgan fingerprint density at radius 1 is 1.00 bits per heavy atom. The van der Waals surface area contributed by atoms with Crippen molar-refractivity contribution in [2.24, 2.45) is 5.10 Å². The number of hydrazone groups is 1. The predicted molar refractivity (Wildman–Crippen MR) is 128 cm³/mol. The maximum atomic E-state index is 12.9. The molecule has 4 aromatic rings. The highest BCUT2D eigenvalue weighted by Crippen LogP contribution is 2.34. The minimum absolute atomic E-state index is 0.141. The molecule has 1 N–H and O–H groups in total. The normalized spacial score (nSPS) is 15.2. The first-order valence-corrected chi connectivity index (χ1v) is 10.7. The molecular formula is C26H24N4O3. The van der Waals surface area contributed by atoms with Crippen LogP contribution in [0.25, 0.3) is 21.8 Å². The summed E-state index contributed by atoms with van der Waals surface area (Å²) in [5.41, 5.74) is 4.38. The minimum Gasteiger partial charge on any atom is -0.400 e. The lowest BCUT2D eigenvalue weighted by Gasteiger charge is -2.22. The molecule has 0 saturated heterocycles. The minimum atomic E-state index is -0.243. The molecule has 1 aliphatic rings. The lowest BCUT2D eigenvalue weighted by Crippen LogP contribution is -2.26. The molecule has 33 heavy (non-hydrogen) atoms. The van der Waals surface area contributed by atoms with E-state index in [2.05, 4.69) is 34.2 Å². The van der Waals surface area contributed by atoms with E-state index in [1.54, 1.807) is 12.4 Å². The molecule has 7 heteroatoms. The van der Waals surface area contributed by atoms with E-state index in [-0.39, 0.29) is 24.8 Å². The molecule has 1 unspecified atom stereocenters. The van der Waals surface area contributed by atoms with Crippen LogP contribution in [-0.4, -0.2) is 45.1 Å². The van der Waals surface area contributed by atoms with Gasteiger partial charge in [0, 0.05) is 38.8 Å². The zero-order chi connectivity index (χ0) is 23.2. The molecule has 5 rings (SSSR count). The Balaban J connectivity index is 0.00000126. The van der Waals surface area contributed by atoms with Crippen LogP contribution >= 0.6 is 0 Å². The van der Waals surface area contributed by atoms with Gasteiger partial charge in [0.25, 0.3) is 0 Å². The number of rotatable bonds is 5. The molecule has 7 nitrogen and oxygen atoms in total. The Kier molecular flexibility index (Phi) is 6.80. The summed E-state index contributed by atoms with van der Waals surface area (Å²) in [5.74, 6) is -0.160. The predicted octanol–water partition coefficient (Wildman–Crippen LogP) is 4.05. The third-order valence-electron chi connectivity index (χ3n) is 5.60. The van der Waals surface area contributed by atoms with Crippen LogP contribution in [0.3, 0.4) is 0 Å². The van der Waals surface area contributed by atoms with E-state index in [1.807, 2.05) is 36.4 Å². The SMILES string of the molecule is CO.O=CCCC(=O)N1N=C(c2ccc3ccccc3c2)CC1c1ccc2nccnc2c1. The van der Waals surface area contributed by atoms with Gasteiger partial charge in [-0.2, -0.15) is 5.10 Å². The molecule has 166 valence electrons. The maximum Gasteiger partial charge on any atom is 0.243 e. The number of carbonyl (C=O) groups excluding carboxylic acids is 2. The summed E-state index contributed by atoms with van der Waals surface area (Å²) in [7, 11) is 1.00. The molecule has 0 aliphatic carbocycles. The molecule has 1 amide bonds.